The molecule has 0 bridgehead atoms. The average molecular weight is 614 g/mol. The van der Waals surface area contributed by atoms with Gasteiger partial charge in [-0.1, -0.05) is 23.6 Å². The van der Waals surface area contributed by atoms with Crippen molar-refractivity contribution in [1.29, 1.82) is 0 Å². The molecule has 12 heteroatoms. The summed E-state index contributed by atoms with van der Waals surface area (Å²) in [7, 11) is 1.80. The van der Waals surface area contributed by atoms with Crippen LogP contribution in [0, 0.1) is 17.8 Å². The fraction of sp³-hybridized carbons (Fsp3) is 0.344. The maximum Gasteiger partial charge on any atom is 0.228 e. The minimum atomic E-state index is -0.00416. The van der Waals surface area contributed by atoms with Gasteiger partial charge < -0.3 is 24.8 Å². The molecule has 2 fully saturated rings. The van der Waals surface area contributed by atoms with E-state index < -0.39 is 0 Å². The number of amides is 1. The molecule has 0 aromatic carbocycles. The van der Waals surface area contributed by atoms with Crippen molar-refractivity contribution in [3.63, 3.8) is 0 Å². The molecule has 6 rings (SSSR count). The van der Waals surface area contributed by atoms with Crippen molar-refractivity contribution in [3.8, 4) is 23.5 Å². The molecule has 0 radical (unpaired) electrons. The van der Waals surface area contributed by atoms with Gasteiger partial charge in [0.1, 0.15) is 41.4 Å². The summed E-state index contributed by atoms with van der Waals surface area (Å²) in [5.41, 5.74) is 2.18. The van der Waals surface area contributed by atoms with Gasteiger partial charge in [-0.25, -0.2) is 19.9 Å². The zero-order valence-corrected chi connectivity index (χ0v) is 25.1. The van der Waals surface area contributed by atoms with Crippen LogP contribution in [-0.4, -0.2) is 77.3 Å². The third kappa shape index (κ3) is 7.52. The minimum absolute atomic E-state index is 0.00416. The first-order valence-corrected chi connectivity index (χ1v) is 14.9. The third-order valence-electron chi connectivity index (χ3n) is 7.26. The van der Waals surface area contributed by atoms with Crippen LogP contribution in [0.2, 0.25) is 5.15 Å². The summed E-state index contributed by atoms with van der Waals surface area (Å²) in [5, 5.41) is 8.01. The zero-order chi connectivity index (χ0) is 30.3. The summed E-state index contributed by atoms with van der Waals surface area (Å²) in [6.45, 7) is 4.34. The van der Waals surface area contributed by atoms with Crippen LogP contribution in [0.5, 0.6) is 11.6 Å². The lowest BCUT2D eigenvalue weighted by molar-refractivity contribution is -0.117. The highest BCUT2D eigenvalue weighted by atomic mass is 35.5. The molecular formula is C32H32ClN7O4. The van der Waals surface area contributed by atoms with E-state index in [1.807, 2.05) is 18.3 Å². The molecule has 1 aliphatic carbocycles. The van der Waals surface area contributed by atoms with E-state index in [-0.39, 0.29) is 18.4 Å². The highest BCUT2D eigenvalue weighted by Gasteiger charge is 2.29. The van der Waals surface area contributed by atoms with Gasteiger partial charge in [0.25, 0.3) is 0 Å². The summed E-state index contributed by atoms with van der Waals surface area (Å²) < 4.78 is 17.4. The Morgan fingerprint density at radius 2 is 1.89 bits per heavy atom. The highest BCUT2D eigenvalue weighted by Crippen LogP contribution is 2.31. The van der Waals surface area contributed by atoms with Gasteiger partial charge in [-0.3, -0.25) is 9.69 Å². The third-order valence-corrected chi connectivity index (χ3v) is 7.47. The zero-order valence-electron chi connectivity index (χ0n) is 24.3. The van der Waals surface area contributed by atoms with E-state index in [0.29, 0.717) is 66.0 Å². The van der Waals surface area contributed by atoms with Crippen molar-refractivity contribution in [2.75, 3.05) is 57.2 Å². The van der Waals surface area contributed by atoms with Crippen LogP contribution in [0.15, 0.2) is 48.9 Å². The smallest absolute Gasteiger partial charge is 0.228 e. The second-order valence-corrected chi connectivity index (χ2v) is 10.8. The lowest BCUT2D eigenvalue weighted by Gasteiger charge is -2.27. The van der Waals surface area contributed by atoms with E-state index in [0.717, 1.165) is 42.3 Å². The standard InChI is InChI=1S/C32H32ClN7O4/c1-34-31-26-19-36-29(39-32(41)21-5-6-21)16-25(26)22(17-37-31)7-8-24-15-27(23(18-35-24)20-40-9-11-42-12-10-40)43-13-14-44-30-4-2-3-28(33)38-30/h2-4,15-19,21H,5-6,9-14,20H2,1H3,(H,34,37)(H,36,39,41). The van der Waals surface area contributed by atoms with Crippen LogP contribution >= 0.6 is 11.6 Å². The molecule has 4 aromatic rings. The summed E-state index contributed by atoms with van der Waals surface area (Å²) in [6, 6.07) is 8.91. The number of hydrogen-bond acceptors (Lipinski definition) is 10. The van der Waals surface area contributed by atoms with Gasteiger partial charge in [0.2, 0.25) is 11.8 Å². The molecule has 226 valence electrons. The summed E-state index contributed by atoms with van der Waals surface area (Å²) >= 11 is 5.96. The van der Waals surface area contributed by atoms with Crippen molar-refractivity contribution >= 4 is 39.9 Å². The molecule has 1 saturated heterocycles. The van der Waals surface area contributed by atoms with Gasteiger partial charge in [-0.05, 0) is 30.9 Å². The van der Waals surface area contributed by atoms with Crippen molar-refractivity contribution in [1.82, 2.24) is 24.8 Å². The lowest BCUT2D eigenvalue weighted by Crippen LogP contribution is -2.35. The van der Waals surface area contributed by atoms with Gasteiger partial charge in [0.15, 0.2) is 0 Å². The van der Waals surface area contributed by atoms with Crippen molar-refractivity contribution < 1.29 is 19.0 Å². The van der Waals surface area contributed by atoms with E-state index in [4.69, 9.17) is 25.8 Å². The maximum atomic E-state index is 12.3. The van der Waals surface area contributed by atoms with Crippen LogP contribution in [0.4, 0.5) is 11.6 Å². The Morgan fingerprint density at radius 1 is 1.05 bits per heavy atom. The first kappa shape index (κ1) is 29.6. The van der Waals surface area contributed by atoms with Gasteiger partial charge in [-0.15, -0.1) is 0 Å². The summed E-state index contributed by atoms with van der Waals surface area (Å²) in [5.74, 6) is 8.75. The number of fused-ring (bicyclic) bond motifs is 1. The molecule has 1 amide bonds. The van der Waals surface area contributed by atoms with Crippen LogP contribution in [0.3, 0.4) is 0 Å². The molecule has 0 atom stereocenters. The maximum absolute atomic E-state index is 12.3. The quantitative estimate of drug-likeness (QED) is 0.153. The van der Waals surface area contributed by atoms with Crippen LogP contribution in [0.25, 0.3) is 10.8 Å². The number of carbonyl (C=O) groups excluding carboxylic acids is 1. The number of halogens is 1. The second-order valence-electron chi connectivity index (χ2n) is 10.5. The molecule has 0 spiro atoms. The van der Waals surface area contributed by atoms with Crippen molar-refractivity contribution in [2.45, 2.75) is 19.4 Å². The molecule has 11 nitrogen and oxygen atoms in total. The molecular weight excluding hydrogens is 582 g/mol. The van der Waals surface area contributed by atoms with Crippen molar-refractivity contribution in [2.24, 2.45) is 5.92 Å². The molecule has 2 aliphatic rings. The average Bonchev–Trinajstić information content (AvgIpc) is 3.89. The number of carbonyl (C=O) groups is 1. The predicted octanol–water partition coefficient (Wildman–Crippen LogP) is 4.15. The fourth-order valence-corrected chi connectivity index (χ4v) is 4.92. The Morgan fingerprint density at radius 3 is 2.68 bits per heavy atom. The van der Waals surface area contributed by atoms with Gasteiger partial charge in [0, 0.05) is 79.7 Å². The van der Waals surface area contributed by atoms with Crippen LogP contribution in [0.1, 0.15) is 29.7 Å². The Balaban J connectivity index is 1.24. The largest absolute Gasteiger partial charge is 0.490 e. The number of nitrogens with zero attached hydrogens (tertiary/aromatic N) is 5. The number of rotatable bonds is 10. The number of pyridine rings is 4. The highest BCUT2D eigenvalue weighted by molar-refractivity contribution is 6.29. The lowest BCUT2D eigenvalue weighted by atomic mass is 10.1. The minimum Gasteiger partial charge on any atom is -0.490 e. The molecule has 0 unspecified atom stereocenters. The Bertz CT molecular complexity index is 1710. The second kappa shape index (κ2) is 13.9. The van der Waals surface area contributed by atoms with Crippen LogP contribution in [-0.2, 0) is 16.1 Å². The predicted molar refractivity (Wildman–Crippen MR) is 167 cm³/mol. The SMILES string of the molecule is CNc1ncc(C#Cc2cc(OCCOc3cccc(Cl)n3)c(CN3CCOCC3)cn2)c2cc(NC(=O)C3CC3)ncc12. The van der Waals surface area contributed by atoms with E-state index in [9.17, 15) is 4.79 Å². The molecule has 1 saturated carbocycles. The van der Waals surface area contributed by atoms with Gasteiger partial charge >= 0.3 is 0 Å². The number of hydrogen-bond donors (Lipinski definition) is 2. The first-order chi connectivity index (χ1) is 21.6. The number of ether oxygens (including phenoxy) is 3. The number of nitrogens with one attached hydrogen (secondary N) is 2. The Kier molecular flexibility index (Phi) is 9.31. The topological polar surface area (TPSA) is 124 Å². The molecule has 44 heavy (non-hydrogen) atoms. The monoisotopic (exact) mass is 613 g/mol. The fourth-order valence-electron chi connectivity index (χ4n) is 4.76. The van der Waals surface area contributed by atoms with Crippen molar-refractivity contribution in [3.05, 3.63) is 70.9 Å². The van der Waals surface area contributed by atoms with Gasteiger partial charge in [-0.2, -0.15) is 0 Å². The van der Waals surface area contributed by atoms with E-state index in [1.165, 1.54) is 0 Å². The van der Waals surface area contributed by atoms with E-state index >= 15 is 0 Å². The van der Waals surface area contributed by atoms with E-state index in [2.05, 4.69) is 47.3 Å². The number of aromatic nitrogens is 4. The molecule has 5 heterocycles. The molecule has 1 aliphatic heterocycles. The number of anilines is 2. The first-order valence-electron chi connectivity index (χ1n) is 14.5. The Hall–Kier alpha value is -4.50. The normalized spacial score (nSPS) is 14.9. The van der Waals surface area contributed by atoms with E-state index in [1.54, 1.807) is 37.6 Å². The molecule has 4 aromatic heterocycles. The molecule has 2 N–H and O–H groups in total. The summed E-state index contributed by atoms with van der Waals surface area (Å²) in [4.78, 5) is 32.4. The Labute approximate surface area is 260 Å². The number of morpholine rings is 1. The van der Waals surface area contributed by atoms with Crippen LogP contribution < -0.4 is 20.1 Å². The van der Waals surface area contributed by atoms with Gasteiger partial charge in [0.05, 0.1) is 18.8 Å². The summed E-state index contributed by atoms with van der Waals surface area (Å²) in [6.07, 6.45) is 7.05.